The van der Waals surface area contributed by atoms with Crippen LogP contribution >= 0.6 is 11.3 Å². The summed E-state index contributed by atoms with van der Waals surface area (Å²) in [6.45, 7) is 0.719. The Morgan fingerprint density at radius 3 is 2.95 bits per heavy atom. The Bertz CT molecular complexity index is 589. The molecule has 3 rings (SSSR count). The van der Waals surface area contributed by atoms with Crippen LogP contribution in [0.15, 0.2) is 6.07 Å². The number of carbonyl (C=O) groups excluding carboxylic acids is 2. The molecular weight excluding hydrogens is 292 g/mol. The molecule has 1 aliphatic heterocycles. The molecule has 112 valence electrons. The maximum atomic E-state index is 12.6. The monoisotopic (exact) mass is 308 g/mol. The molecule has 1 unspecified atom stereocenters. The van der Waals surface area contributed by atoms with E-state index in [-0.39, 0.29) is 18.2 Å². The molecular formula is C14H16N2O4S. The molecule has 1 aliphatic carbocycles. The maximum Gasteiger partial charge on any atom is 0.305 e. The molecule has 2 amide bonds. The molecule has 21 heavy (non-hydrogen) atoms. The van der Waals surface area contributed by atoms with Gasteiger partial charge < -0.3 is 15.3 Å². The van der Waals surface area contributed by atoms with Crippen molar-refractivity contribution in [2.75, 3.05) is 13.1 Å². The molecule has 2 aliphatic rings. The van der Waals surface area contributed by atoms with Crippen molar-refractivity contribution in [1.29, 1.82) is 0 Å². The number of thiophene rings is 1. The molecule has 1 atom stereocenters. The fraction of sp³-hybridized carbons (Fsp3) is 0.500. The zero-order chi connectivity index (χ0) is 15.0. The average Bonchev–Trinajstić information content (AvgIpc) is 3.00. The molecule has 0 saturated carbocycles. The lowest BCUT2D eigenvalue weighted by atomic mass is 10.1. The summed E-state index contributed by atoms with van der Waals surface area (Å²) in [4.78, 5) is 38.6. The number of aryl methyl sites for hydroxylation is 2. The lowest BCUT2D eigenvalue weighted by Crippen LogP contribution is -2.57. The van der Waals surface area contributed by atoms with Crippen LogP contribution in [0, 0.1) is 0 Å². The fourth-order valence-electron chi connectivity index (χ4n) is 2.90. The van der Waals surface area contributed by atoms with Crippen LogP contribution in [0.1, 0.15) is 33.0 Å². The second-order valence-electron chi connectivity index (χ2n) is 5.32. The predicted molar refractivity (Wildman–Crippen MR) is 76.4 cm³/mol. The Balaban J connectivity index is 1.83. The minimum absolute atomic E-state index is 0.226. The van der Waals surface area contributed by atoms with E-state index >= 15 is 0 Å². The van der Waals surface area contributed by atoms with E-state index in [1.807, 2.05) is 6.07 Å². The maximum absolute atomic E-state index is 12.6. The topological polar surface area (TPSA) is 86.7 Å². The highest BCUT2D eigenvalue weighted by Gasteiger charge is 2.36. The number of rotatable bonds is 3. The van der Waals surface area contributed by atoms with Crippen LogP contribution in [-0.2, 0) is 22.4 Å². The summed E-state index contributed by atoms with van der Waals surface area (Å²) in [5.74, 6) is -1.69. The minimum Gasteiger partial charge on any atom is -0.481 e. The first kappa shape index (κ1) is 14.1. The van der Waals surface area contributed by atoms with Gasteiger partial charge in [-0.3, -0.25) is 14.4 Å². The largest absolute Gasteiger partial charge is 0.481 e. The molecule has 1 fully saturated rings. The number of fused-ring (bicyclic) bond motifs is 1. The normalized spacial score (nSPS) is 21.0. The number of nitrogens with one attached hydrogen (secondary N) is 1. The van der Waals surface area contributed by atoms with Crippen molar-refractivity contribution in [3.8, 4) is 0 Å². The van der Waals surface area contributed by atoms with E-state index in [1.54, 1.807) is 0 Å². The van der Waals surface area contributed by atoms with Crippen LogP contribution in [0.4, 0.5) is 0 Å². The number of carboxylic acid groups (broad SMARTS) is 1. The Kier molecular flexibility index (Phi) is 3.67. The van der Waals surface area contributed by atoms with E-state index < -0.39 is 12.0 Å². The number of hydrogen-bond donors (Lipinski definition) is 2. The minimum atomic E-state index is -1.08. The van der Waals surface area contributed by atoms with Crippen molar-refractivity contribution in [3.63, 3.8) is 0 Å². The molecule has 1 aromatic heterocycles. The molecule has 6 nitrogen and oxygen atoms in total. The SMILES string of the molecule is O=C(O)CC1C(=O)NCCN1C(=O)c1cc2c(s1)CCC2. The van der Waals surface area contributed by atoms with Crippen LogP contribution in [0.5, 0.6) is 0 Å². The predicted octanol–water partition coefficient (Wildman–Crippen LogP) is 0.652. The molecule has 0 bridgehead atoms. The van der Waals surface area contributed by atoms with Gasteiger partial charge in [-0.2, -0.15) is 0 Å². The van der Waals surface area contributed by atoms with E-state index in [9.17, 15) is 14.4 Å². The summed E-state index contributed by atoms with van der Waals surface area (Å²) in [7, 11) is 0. The first-order chi connectivity index (χ1) is 10.1. The number of amides is 2. The summed E-state index contributed by atoms with van der Waals surface area (Å²) in [5.41, 5.74) is 1.22. The van der Waals surface area contributed by atoms with E-state index in [4.69, 9.17) is 5.11 Å². The van der Waals surface area contributed by atoms with Crippen molar-refractivity contribution in [3.05, 3.63) is 21.4 Å². The fourth-order valence-corrected chi connectivity index (χ4v) is 4.11. The number of carbonyl (C=O) groups is 3. The van der Waals surface area contributed by atoms with Gasteiger partial charge in [0, 0.05) is 18.0 Å². The summed E-state index contributed by atoms with van der Waals surface area (Å²) >= 11 is 1.48. The van der Waals surface area contributed by atoms with Crippen molar-refractivity contribution in [2.45, 2.75) is 31.7 Å². The number of nitrogens with zero attached hydrogens (tertiary/aromatic N) is 1. The number of piperazine rings is 1. The van der Waals surface area contributed by atoms with Crippen LogP contribution < -0.4 is 5.32 Å². The molecule has 2 heterocycles. The van der Waals surface area contributed by atoms with Gasteiger partial charge in [-0.15, -0.1) is 11.3 Å². The van der Waals surface area contributed by atoms with E-state index in [0.29, 0.717) is 18.0 Å². The van der Waals surface area contributed by atoms with Gasteiger partial charge in [0.15, 0.2) is 0 Å². The Morgan fingerprint density at radius 2 is 2.24 bits per heavy atom. The van der Waals surface area contributed by atoms with Crippen molar-refractivity contribution in [1.82, 2.24) is 10.2 Å². The van der Waals surface area contributed by atoms with Gasteiger partial charge in [0.2, 0.25) is 5.91 Å². The highest BCUT2D eigenvalue weighted by molar-refractivity contribution is 7.14. The molecule has 1 saturated heterocycles. The van der Waals surface area contributed by atoms with E-state index in [1.165, 1.54) is 26.7 Å². The highest BCUT2D eigenvalue weighted by atomic mass is 32.1. The van der Waals surface area contributed by atoms with Gasteiger partial charge in [-0.1, -0.05) is 0 Å². The van der Waals surface area contributed by atoms with Gasteiger partial charge in [0.1, 0.15) is 6.04 Å². The van der Waals surface area contributed by atoms with Crippen LogP contribution in [0.3, 0.4) is 0 Å². The first-order valence-electron chi connectivity index (χ1n) is 6.98. The van der Waals surface area contributed by atoms with Crippen molar-refractivity contribution >= 4 is 29.1 Å². The lowest BCUT2D eigenvalue weighted by molar-refractivity contribution is -0.142. The Labute approximate surface area is 125 Å². The van der Waals surface area contributed by atoms with E-state index in [2.05, 4.69) is 5.32 Å². The van der Waals surface area contributed by atoms with Crippen molar-refractivity contribution < 1.29 is 19.5 Å². The summed E-state index contributed by atoms with van der Waals surface area (Å²) in [6.07, 6.45) is 2.77. The Morgan fingerprint density at radius 1 is 1.43 bits per heavy atom. The third kappa shape index (κ3) is 2.65. The molecule has 7 heteroatoms. The quantitative estimate of drug-likeness (QED) is 0.858. The summed E-state index contributed by atoms with van der Waals surface area (Å²) in [6, 6.07) is 0.986. The zero-order valence-corrected chi connectivity index (χ0v) is 12.2. The molecule has 2 N–H and O–H groups in total. The molecule has 1 aromatic rings. The number of carboxylic acids is 1. The summed E-state index contributed by atoms with van der Waals surface area (Å²) in [5, 5.41) is 11.6. The van der Waals surface area contributed by atoms with Crippen LogP contribution in [-0.4, -0.2) is 46.9 Å². The average molecular weight is 308 g/mol. The summed E-state index contributed by atoms with van der Waals surface area (Å²) < 4.78 is 0. The third-order valence-electron chi connectivity index (χ3n) is 3.92. The standard InChI is InChI=1S/C14H16N2O4S/c17-12(18)7-9-13(19)15-4-5-16(9)14(20)11-6-8-2-1-3-10(8)21-11/h6,9H,1-5,7H2,(H,15,19)(H,17,18). The lowest BCUT2D eigenvalue weighted by Gasteiger charge is -2.33. The molecule has 0 aromatic carbocycles. The second kappa shape index (κ2) is 5.48. The molecule has 0 radical (unpaired) electrons. The number of aliphatic carboxylic acids is 1. The second-order valence-corrected chi connectivity index (χ2v) is 6.45. The van der Waals surface area contributed by atoms with Gasteiger partial charge >= 0.3 is 5.97 Å². The van der Waals surface area contributed by atoms with Gasteiger partial charge in [-0.05, 0) is 30.9 Å². The van der Waals surface area contributed by atoms with Crippen molar-refractivity contribution in [2.24, 2.45) is 0 Å². The first-order valence-corrected chi connectivity index (χ1v) is 7.80. The van der Waals surface area contributed by atoms with Gasteiger partial charge in [-0.25, -0.2) is 0 Å². The van der Waals surface area contributed by atoms with E-state index in [0.717, 1.165) is 19.3 Å². The van der Waals surface area contributed by atoms with Gasteiger partial charge in [0.05, 0.1) is 11.3 Å². The smallest absolute Gasteiger partial charge is 0.305 e. The molecule has 0 spiro atoms. The Hall–Kier alpha value is -1.89. The van der Waals surface area contributed by atoms with Crippen LogP contribution in [0.25, 0.3) is 0 Å². The zero-order valence-electron chi connectivity index (χ0n) is 11.4. The van der Waals surface area contributed by atoms with Crippen LogP contribution in [0.2, 0.25) is 0 Å². The highest BCUT2D eigenvalue weighted by Crippen LogP contribution is 2.31. The third-order valence-corrected chi connectivity index (χ3v) is 5.14. The van der Waals surface area contributed by atoms with Gasteiger partial charge in [0.25, 0.3) is 5.91 Å². The number of hydrogen-bond acceptors (Lipinski definition) is 4.